The maximum absolute atomic E-state index is 13.7. The first-order chi connectivity index (χ1) is 17.7. The average Bonchev–Trinajstić information content (AvgIpc) is 3.47. The third-order valence-electron chi connectivity index (χ3n) is 5.78. The van der Waals surface area contributed by atoms with Crippen LogP contribution in [0.5, 0.6) is 0 Å². The Labute approximate surface area is 223 Å². The molecule has 202 valence electrons. The fourth-order valence-corrected chi connectivity index (χ4v) is 5.46. The number of carbonyl (C=O) groups is 2. The highest BCUT2D eigenvalue weighted by molar-refractivity contribution is 9.10. The molecule has 0 aliphatic heterocycles. The fraction of sp³-hybridized carbons (Fsp3) is 0.318. The van der Waals surface area contributed by atoms with E-state index < -0.39 is 42.3 Å². The molecule has 0 aliphatic rings. The minimum atomic E-state index is -4.75. The van der Waals surface area contributed by atoms with E-state index in [0.717, 1.165) is 10.7 Å². The molecule has 4 rings (SSSR count). The molecule has 3 N–H and O–H groups in total. The maximum atomic E-state index is 13.7. The highest BCUT2D eigenvalue weighted by Gasteiger charge is 2.38. The van der Waals surface area contributed by atoms with E-state index in [1.165, 1.54) is 13.1 Å². The zero-order valence-corrected chi connectivity index (χ0v) is 22.4. The molecule has 0 unspecified atom stereocenters. The Morgan fingerprint density at radius 1 is 1.18 bits per heavy atom. The minimum absolute atomic E-state index is 0.0166. The lowest BCUT2D eigenvalue weighted by Crippen LogP contribution is -2.22. The van der Waals surface area contributed by atoms with Crippen LogP contribution in [0.15, 0.2) is 16.7 Å². The highest BCUT2D eigenvalue weighted by Crippen LogP contribution is 2.43. The molecule has 0 spiro atoms. The van der Waals surface area contributed by atoms with Gasteiger partial charge in [-0.05, 0) is 48.3 Å². The second-order valence-electron chi connectivity index (χ2n) is 8.16. The third kappa shape index (κ3) is 4.89. The first-order valence-electron chi connectivity index (χ1n) is 10.9. The van der Waals surface area contributed by atoms with Crippen LogP contribution in [-0.4, -0.2) is 36.4 Å². The number of primary amides is 1. The number of aryl methyl sites for hydroxylation is 1. The standard InChI is InChI=1S/C22H19BrF5N7O2S/c1-4-34-8(2)11(6-30-34)10-5-12(19(24)25)31-21-14(10)16(17(38-21)20(29)37)32-13(36)7-35-9(3)15(23)18(33-35)22(26,27)28/h5-6,19H,4,7H2,1-3H3,(H2,29,37)(H,32,36). The summed E-state index contributed by atoms with van der Waals surface area (Å²) in [4.78, 5) is 29.1. The molecule has 0 atom stereocenters. The topological polar surface area (TPSA) is 121 Å². The van der Waals surface area contributed by atoms with Gasteiger partial charge in [0.25, 0.3) is 12.3 Å². The van der Waals surface area contributed by atoms with E-state index >= 15 is 0 Å². The van der Waals surface area contributed by atoms with Crippen molar-refractivity contribution in [1.82, 2.24) is 24.5 Å². The van der Waals surface area contributed by atoms with Gasteiger partial charge in [-0.2, -0.15) is 23.4 Å². The Hall–Kier alpha value is -3.40. The van der Waals surface area contributed by atoms with Crippen LogP contribution in [0, 0.1) is 13.8 Å². The van der Waals surface area contributed by atoms with Crippen molar-refractivity contribution in [1.29, 1.82) is 0 Å². The normalized spacial score (nSPS) is 12.1. The molecular weight excluding hydrogens is 601 g/mol. The molecule has 2 amide bonds. The van der Waals surface area contributed by atoms with E-state index in [1.807, 2.05) is 6.92 Å². The number of nitrogens with two attached hydrogens (primary N) is 1. The molecule has 0 saturated heterocycles. The largest absolute Gasteiger partial charge is 0.436 e. The molecule has 0 bridgehead atoms. The summed E-state index contributed by atoms with van der Waals surface area (Å²) in [5.74, 6) is -1.78. The van der Waals surface area contributed by atoms with Crippen LogP contribution in [-0.2, 0) is 24.1 Å². The average molecular weight is 620 g/mol. The second-order valence-corrected chi connectivity index (χ2v) is 9.95. The molecular formula is C22H19BrF5N7O2S. The number of nitrogens with zero attached hydrogens (tertiary/aromatic N) is 5. The van der Waals surface area contributed by atoms with Crippen molar-refractivity contribution in [2.24, 2.45) is 5.73 Å². The number of nitrogens with one attached hydrogen (secondary N) is 1. The number of hydrogen-bond donors (Lipinski definition) is 2. The van der Waals surface area contributed by atoms with E-state index in [0.29, 0.717) is 29.1 Å². The lowest BCUT2D eigenvalue weighted by atomic mass is 10.0. The van der Waals surface area contributed by atoms with Crippen LogP contribution in [0.1, 0.15) is 45.8 Å². The third-order valence-corrected chi connectivity index (χ3v) is 7.83. The van der Waals surface area contributed by atoms with Gasteiger partial charge < -0.3 is 11.1 Å². The van der Waals surface area contributed by atoms with Gasteiger partial charge in [-0.3, -0.25) is 19.0 Å². The number of amides is 2. The monoisotopic (exact) mass is 619 g/mol. The zero-order valence-electron chi connectivity index (χ0n) is 20.0. The molecule has 38 heavy (non-hydrogen) atoms. The molecule has 4 aromatic rings. The summed E-state index contributed by atoms with van der Waals surface area (Å²) in [6.07, 6.45) is -6.21. The molecule has 0 fully saturated rings. The Kier molecular flexibility index (Phi) is 7.31. The number of alkyl halides is 5. The Bertz CT molecular complexity index is 1570. The van der Waals surface area contributed by atoms with Gasteiger partial charge in [-0.1, -0.05) is 0 Å². The molecule has 9 nitrogen and oxygen atoms in total. The van der Waals surface area contributed by atoms with Crippen molar-refractivity contribution in [3.63, 3.8) is 0 Å². The lowest BCUT2D eigenvalue weighted by molar-refractivity contribution is -0.142. The molecule has 0 aromatic carbocycles. The Morgan fingerprint density at radius 3 is 2.39 bits per heavy atom. The summed E-state index contributed by atoms with van der Waals surface area (Å²) in [5, 5.41) is 10.4. The van der Waals surface area contributed by atoms with Gasteiger partial charge in [-0.15, -0.1) is 11.3 Å². The van der Waals surface area contributed by atoms with Gasteiger partial charge in [-0.25, -0.2) is 13.8 Å². The predicted molar refractivity (Wildman–Crippen MR) is 133 cm³/mol. The van der Waals surface area contributed by atoms with E-state index in [1.54, 1.807) is 11.6 Å². The van der Waals surface area contributed by atoms with Crippen molar-refractivity contribution >= 4 is 55.0 Å². The molecule has 0 saturated carbocycles. The van der Waals surface area contributed by atoms with Gasteiger partial charge in [0.1, 0.15) is 21.9 Å². The van der Waals surface area contributed by atoms with Crippen molar-refractivity contribution in [2.75, 3.05) is 5.32 Å². The first-order valence-corrected chi connectivity index (χ1v) is 12.5. The predicted octanol–water partition coefficient (Wildman–Crippen LogP) is 5.45. The zero-order chi connectivity index (χ0) is 28.1. The number of anilines is 1. The molecule has 16 heteroatoms. The Balaban J connectivity index is 1.85. The SMILES string of the molecule is CCn1ncc(-c2cc(C(F)F)nc3sc(C(N)=O)c(NC(=O)Cn4nc(C(F)(F)F)c(Br)c4C)c23)c1C. The van der Waals surface area contributed by atoms with Gasteiger partial charge >= 0.3 is 6.18 Å². The number of aromatic nitrogens is 5. The van der Waals surface area contributed by atoms with Crippen molar-refractivity contribution in [3.05, 3.63) is 44.4 Å². The van der Waals surface area contributed by atoms with Gasteiger partial charge in [0.15, 0.2) is 5.69 Å². The molecule has 4 aromatic heterocycles. The summed E-state index contributed by atoms with van der Waals surface area (Å²) < 4.78 is 69.3. The maximum Gasteiger partial charge on any atom is 0.436 e. The van der Waals surface area contributed by atoms with Crippen LogP contribution in [0.4, 0.5) is 27.6 Å². The van der Waals surface area contributed by atoms with Crippen LogP contribution in [0.3, 0.4) is 0 Å². The fourth-order valence-electron chi connectivity index (χ4n) is 3.94. The quantitative estimate of drug-likeness (QED) is 0.267. The first kappa shape index (κ1) is 27.6. The molecule has 0 radical (unpaired) electrons. The number of carbonyl (C=O) groups excluding carboxylic acids is 2. The Morgan fingerprint density at radius 2 is 1.87 bits per heavy atom. The second kappa shape index (κ2) is 10.1. The van der Waals surface area contributed by atoms with E-state index in [4.69, 9.17) is 5.73 Å². The van der Waals surface area contributed by atoms with Crippen molar-refractivity contribution in [3.8, 4) is 11.1 Å². The molecule has 4 heterocycles. The van der Waals surface area contributed by atoms with Gasteiger partial charge in [0.05, 0.1) is 22.1 Å². The van der Waals surface area contributed by atoms with Crippen molar-refractivity contribution in [2.45, 2.75) is 46.5 Å². The number of fused-ring (bicyclic) bond motifs is 1. The lowest BCUT2D eigenvalue weighted by Gasteiger charge is -2.11. The summed E-state index contributed by atoms with van der Waals surface area (Å²) in [6, 6.07) is 1.15. The van der Waals surface area contributed by atoms with Crippen LogP contribution < -0.4 is 11.1 Å². The van der Waals surface area contributed by atoms with Gasteiger partial charge in [0.2, 0.25) is 5.91 Å². The van der Waals surface area contributed by atoms with Gasteiger partial charge in [0, 0.05) is 23.2 Å². The number of halogens is 6. The van der Waals surface area contributed by atoms with Crippen LogP contribution in [0.25, 0.3) is 21.3 Å². The summed E-state index contributed by atoms with van der Waals surface area (Å²) in [6.45, 7) is 4.78. The van der Waals surface area contributed by atoms with Crippen molar-refractivity contribution < 1.29 is 31.5 Å². The van der Waals surface area contributed by atoms with E-state index in [2.05, 4.69) is 36.4 Å². The highest BCUT2D eigenvalue weighted by atomic mass is 79.9. The summed E-state index contributed by atoms with van der Waals surface area (Å²) in [7, 11) is 0. The van der Waals surface area contributed by atoms with Crippen LogP contribution >= 0.6 is 27.3 Å². The number of thiophene rings is 1. The van der Waals surface area contributed by atoms with Crippen LogP contribution in [0.2, 0.25) is 0 Å². The van der Waals surface area contributed by atoms with E-state index in [9.17, 15) is 31.5 Å². The molecule has 0 aliphatic carbocycles. The smallest absolute Gasteiger partial charge is 0.365 e. The number of rotatable bonds is 7. The number of pyridine rings is 1. The number of hydrogen-bond acceptors (Lipinski definition) is 6. The summed E-state index contributed by atoms with van der Waals surface area (Å²) >= 11 is 3.56. The minimum Gasteiger partial charge on any atom is -0.365 e. The van der Waals surface area contributed by atoms with E-state index in [-0.39, 0.29) is 36.5 Å². The summed E-state index contributed by atoms with van der Waals surface area (Å²) in [5.41, 5.74) is 5.07.